The third-order valence-electron chi connectivity index (χ3n) is 3.66. The highest BCUT2D eigenvalue weighted by molar-refractivity contribution is 5.76. The van der Waals surface area contributed by atoms with Crippen LogP contribution in [0.15, 0.2) is 35.9 Å². The molecule has 21 heavy (non-hydrogen) atoms. The van der Waals surface area contributed by atoms with Gasteiger partial charge in [-0.1, -0.05) is 17.7 Å². The van der Waals surface area contributed by atoms with Gasteiger partial charge in [0.2, 0.25) is 5.91 Å². The second kappa shape index (κ2) is 8.45. The maximum absolute atomic E-state index is 13.0. The number of carbonyl (C=O) groups excluding carboxylic acids is 1. The van der Waals surface area contributed by atoms with E-state index in [1.165, 1.54) is 43.4 Å². The topological polar surface area (TPSA) is 41.1 Å². The van der Waals surface area contributed by atoms with Crippen LogP contribution in [0.5, 0.6) is 0 Å². The number of allylic oxidation sites excluding steroid dienone is 1. The summed E-state index contributed by atoms with van der Waals surface area (Å²) in [5, 5.41) is 5.98. The highest BCUT2D eigenvalue weighted by atomic mass is 19.1. The molecule has 0 spiro atoms. The molecule has 0 aliphatic heterocycles. The van der Waals surface area contributed by atoms with Crippen molar-refractivity contribution in [1.29, 1.82) is 0 Å². The van der Waals surface area contributed by atoms with Gasteiger partial charge in [0.1, 0.15) is 5.82 Å². The van der Waals surface area contributed by atoms with Gasteiger partial charge >= 0.3 is 0 Å². The second-order valence-electron chi connectivity index (χ2n) is 5.40. The van der Waals surface area contributed by atoms with Crippen molar-refractivity contribution >= 4 is 11.6 Å². The number of hydrogen-bond donors (Lipinski definition) is 2. The van der Waals surface area contributed by atoms with Gasteiger partial charge in [-0.05, 0) is 50.3 Å². The molecular weight excluding hydrogens is 267 g/mol. The van der Waals surface area contributed by atoms with Gasteiger partial charge in [-0.3, -0.25) is 4.79 Å². The smallest absolute Gasteiger partial charge is 0.221 e. The van der Waals surface area contributed by atoms with Crippen LogP contribution in [0, 0.1) is 5.82 Å². The van der Waals surface area contributed by atoms with Crippen molar-refractivity contribution in [2.75, 3.05) is 18.4 Å². The van der Waals surface area contributed by atoms with Crippen LogP contribution in [0.25, 0.3) is 0 Å². The van der Waals surface area contributed by atoms with Crippen LogP contribution < -0.4 is 10.6 Å². The van der Waals surface area contributed by atoms with Gasteiger partial charge in [0.05, 0.1) is 0 Å². The molecule has 1 aromatic rings. The SMILES string of the molecule is O=C(CCNc1cccc(F)c1)NCCC1=CCCCC1. The molecule has 0 atom stereocenters. The van der Waals surface area contributed by atoms with E-state index in [0.717, 1.165) is 6.42 Å². The van der Waals surface area contributed by atoms with E-state index < -0.39 is 0 Å². The number of rotatable bonds is 7. The van der Waals surface area contributed by atoms with Crippen LogP contribution in [-0.2, 0) is 4.79 Å². The molecule has 3 nitrogen and oxygen atoms in total. The summed E-state index contributed by atoms with van der Waals surface area (Å²) in [6, 6.07) is 6.26. The molecule has 2 rings (SSSR count). The van der Waals surface area contributed by atoms with E-state index in [1.54, 1.807) is 12.1 Å². The molecular formula is C17H23FN2O. The average molecular weight is 290 g/mol. The summed E-state index contributed by atoms with van der Waals surface area (Å²) in [6.07, 6.45) is 8.59. The summed E-state index contributed by atoms with van der Waals surface area (Å²) in [7, 11) is 0. The Morgan fingerprint density at radius 3 is 2.90 bits per heavy atom. The van der Waals surface area contributed by atoms with E-state index in [9.17, 15) is 9.18 Å². The Labute approximate surface area is 125 Å². The van der Waals surface area contributed by atoms with Gasteiger partial charge in [0.15, 0.2) is 0 Å². The third kappa shape index (κ3) is 5.98. The molecule has 0 fully saturated rings. The number of benzene rings is 1. The minimum absolute atomic E-state index is 0.0373. The van der Waals surface area contributed by atoms with Crippen LogP contribution in [0.2, 0.25) is 0 Å². The first-order valence-corrected chi connectivity index (χ1v) is 7.68. The molecule has 1 amide bonds. The normalized spacial score (nSPS) is 14.4. The van der Waals surface area contributed by atoms with Gasteiger partial charge in [0, 0.05) is 25.2 Å². The Hall–Kier alpha value is -1.84. The maximum Gasteiger partial charge on any atom is 0.221 e. The van der Waals surface area contributed by atoms with Gasteiger partial charge in [-0.15, -0.1) is 0 Å². The molecule has 0 bridgehead atoms. The fourth-order valence-electron chi connectivity index (χ4n) is 2.50. The van der Waals surface area contributed by atoms with Crippen molar-refractivity contribution < 1.29 is 9.18 Å². The summed E-state index contributed by atoms with van der Waals surface area (Å²) in [4.78, 5) is 11.7. The molecule has 0 radical (unpaired) electrons. The zero-order chi connectivity index (χ0) is 14.9. The standard InChI is InChI=1S/C17H23FN2O/c18-15-7-4-8-16(13-15)19-12-10-17(21)20-11-9-14-5-2-1-3-6-14/h4-5,7-8,13,19H,1-3,6,9-12H2,(H,20,21). The molecule has 0 aromatic heterocycles. The van der Waals surface area contributed by atoms with Gasteiger partial charge in [-0.2, -0.15) is 0 Å². The fourth-order valence-corrected chi connectivity index (χ4v) is 2.50. The summed E-state index contributed by atoms with van der Waals surface area (Å²) < 4.78 is 13.0. The lowest BCUT2D eigenvalue weighted by Crippen LogP contribution is -2.26. The quantitative estimate of drug-likeness (QED) is 0.753. The van der Waals surface area contributed by atoms with E-state index in [1.807, 2.05) is 0 Å². The van der Waals surface area contributed by atoms with E-state index >= 15 is 0 Å². The van der Waals surface area contributed by atoms with Crippen LogP contribution in [0.1, 0.15) is 38.5 Å². The lowest BCUT2D eigenvalue weighted by molar-refractivity contribution is -0.120. The molecule has 0 saturated carbocycles. The summed E-state index contributed by atoms with van der Waals surface area (Å²) >= 11 is 0. The Balaban J connectivity index is 1.58. The predicted octanol–water partition coefficient (Wildman–Crippen LogP) is 3.63. The van der Waals surface area contributed by atoms with E-state index in [4.69, 9.17) is 0 Å². The fraction of sp³-hybridized carbons (Fsp3) is 0.471. The molecule has 0 saturated heterocycles. The Morgan fingerprint density at radius 2 is 2.14 bits per heavy atom. The largest absolute Gasteiger partial charge is 0.384 e. The second-order valence-corrected chi connectivity index (χ2v) is 5.40. The number of carbonyl (C=O) groups is 1. The highest BCUT2D eigenvalue weighted by Crippen LogP contribution is 2.19. The van der Waals surface area contributed by atoms with Gasteiger partial charge in [0.25, 0.3) is 0 Å². The third-order valence-corrected chi connectivity index (χ3v) is 3.66. The first-order chi connectivity index (χ1) is 10.2. The predicted molar refractivity (Wildman–Crippen MR) is 83.7 cm³/mol. The first kappa shape index (κ1) is 15.5. The van der Waals surface area contributed by atoms with E-state index in [-0.39, 0.29) is 11.7 Å². The van der Waals surface area contributed by atoms with Crippen molar-refractivity contribution in [2.24, 2.45) is 0 Å². The average Bonchev–Trinajstić information content (AvgIpc) is 2.48. The molecule has 1 aliphatic carbocycles. The number of anilines is 1. The monoisotopic (exact) mass is 290 g/mol. The zero-order valence-corrected chi connectivity index (χ0v) is 12.3. The van der Waals surface area contributed by atoms with Crippen molar-refractivity contribution in [3.63, 3.8) is 0 Å². The summed E-state index contributed by atoms with van der Waals surface area (Å²) in [6.45, 7) is 1.22. The highest BCUT2D eigenvalue weighted by Gasteiger charge is 2.05. The Kier molecular flexibility index (Phi) is 6.25. The number of hydrogen-bond acceptors (Lipinski definition) is 2. The summed E-state index contributed by atoms with van der Waals surface area (Å²) in [5.41, 5.74) is 2.18. The number of nitrogens with one attached hydrogen (secondary N) is 2. The van der Waals surface area contributed by atoms with Crippen LogP contribution >= 0.6 is 0 Å². The molecule has 114 valence electrons. The molecule has 1 aliphatic rings. The van der Waals surface area contributed by atoms with Crippen LogP contribution in [0.3, 0.4) is 0 Å². The van der Waals surface area contributed by atoms with Crippen molar-refractivity contribution in [1.82, 2.24) is 5.32 Å². The summed E-state index contributed by atoms with van der Waals surface area (Å²) in [5.74, 6) is -0.236. The minimum Gasteiger partial charge on any atom is -0.384 e. The number of halogens is 1. The van der Waals surface area contributed by atoms with E-state index in [2.05, 4.69) is 16.7 Å². The maximum atomic E-state index is 13.0. The van der Waals surface area contributed by atoms with Gasteiger partial charge in [-0.25, -0.2) is 4.39 Å². The molecule has 0 heterocycles. The van der Waals surface area contributed by atoms with Crippen molar-refractivity contribution in [3.8, 4) is 0 Å². The zero-order valence-electron chi connectivity index (χ0n) is 12.3. The molecule has 4 heteroatoms. The van der Waals surface area contributed by atoms with E-state index in [0.29, 0.717) is 25.2 Å². The van der Waals surface area contributed by atoms with Crippen molar-refractivity contribution in [3.05, 3.63) is 41.7 Å². The number of amides is 1. The molecule has 2 N–H and O–H groups in total. The lowest BCUT2D eigenvalue weighted by Gasteiger charge is -2.13. The van der Waals surface area contributed by atoms with Crippen molar-refractivity contribution in [2.45, 2.75) is 38.5 Å². The molecule has 0 unspecified atom stereocenters. The van der Waals surface area contributed by atoms with Crippen LogP contribution in [0.4, 0.5) is 10.1 Å². The van der Waals surface area contributed by atoms with Gasteiger partial charge < -0.3 is 10.6 Å². The Bertz CT molecular complexity index is 499. The minimum atomic E-state index is -0.273. The molecule has 1 aromatic carbocycles. The first-order valence-electron chi connectivity index (χ1n) is 7.68. The van der Waals surface area contributed by atoms with Crippen LogP contribution in [-0.4, -0.2) is 19.0 Å². The Morgan fingerprint density at radius 1 is 1.24 bits per heavy atom. The lowest BCUT2D eigenvalue weighted by atomic mass is 9.97.